The molecule has 0 spiro atoms. The molecule has 1 saturated heterocycles. The average Bonchev–Trinajstić information content (AvgIpc) is 2.73. The maximum atomic E-state index is 12.7. The van der Waals surface area contributed by atoms with Crippen molar-refractivity contribution in [1.29, 1.82) is 0 Å². The molecule has 1 aliphatic heterocycles. The van der Waals surface area contributed by atoms with E-state index in [9.17, 15) is 14.7 Å². The molecule has 1 aromatic carbocycles. The minimum Gasteiger partial charge on any atom is -0.379 e. The monoisotopic (exact) mass is 391 g/mol. The van der Waals surface area contributed by atoms with Gasteiger partial charge >= 0.3 is 0 Å². The van der Waals surface area contributed by atoms with Crippen molar-refractivity contribution in [3.63, 3.8) is 0 Å². The summed E-state index contributed by atoms with van der Waals surface area (Å²) in [5.74, 6) is -1.69. The van der Waals surface area contributed by atoms with E-state index in [1.165, 1.54) is 0 Å². The predicted molar refractivity (Wildman–Crippen MR) is 107 cm³/mol. The molecule has 1 aliphatic rings. The second-order valence-corrected chi connectivity index (χ2v) is 7.29. The van der Waals surface area contributed by atoms with Crippen LogP contribution in [0.5, 0.6) is 0 Å². The zero-order valence-corrected chi connectivity index (χ0v) is 16.9. The minimum atomic E-state index is -1.53. The maximum Gasteiger partial charge on any atom is 0.234 e. The van der Waals surface area contributed by atoms with Crippen LogP contribution in [0, 0.1) is 5.92 Å². The zero-order valence-electron chi connectivity index (χ0n) is 16.9. The average molecular weight is 392 g/mol. The van der Waals surface area contributed by atoms with Gasteiger partial charge in [-0.25, -0.2) is 0 Å². The van der Waals surface area contributed by atoms with Gasteiger partial charge < -0.3 is 20.5 Å². The number of hydrogen-bond donors (Lipinski definition) is 3. The number of carbonyl (C=O) groups is 2. The summed E-state index contributed by atoms with van der Waals surface area (Å²) in [5, 5.41) is 16.8. The van der Waals surface area contributed by atoms with Gasteiger partial charge in [-0.1, -0.05) is 43.7 Å². The molecule has 2 rings (SSSR count). The third-order valence-electron chi connectivity index (χ3n) is 5.09. The molecule has 0 radical (unpaired) electrons. The summed E-state index contributed by atoms with van der Waals surface area (Å²) in [6.07, 6.45) is 2.16. The van der Waals surface area contributed by atoms with Crippen molar-refractivity contribution in [2.75, 3.05) is 39.4 Å². The molecule has 1 heterocycles. The molecule has 0 aliphatic carbocycles. The molecule has 156 valence electrons. The van der Waals surface area contributed by atoms with Gasteiger partial charge in [0.25, 0.3) is 0 Å². The number of hydrogen-bond acceptors (Lipinski definition) is 5. The number of unbranched alkanes of at least 4 members (excludes halogenated alkanes) is 1. The number of ether oxygens (including phenoxy) is 1. The molecule has 1 fully saturated rings. The highest BCUT2D eigenvalue weighted by molar-refractivity contribution is 6.00. The lowest BCUT2D eigenvalue weighted by atomic mass is 9.97. The fraction of sp³-hybridized carbons (Fsp3) is 0.619. The predicted octanol–water partition coefficient (Wildman–Crippen LogP) is 1.22. The number of amides is 2. The van der Waals surface area contributed by atoms with Crippen molar-refractivity contribution < 1.29 is 19.4 Å². The van der Waals surface area contributed by atoms with Gasteiger partial charge in [0.15, 0.2) is 5.72 Å². The molecule has 2 amide bonds. The van der Waals surface area contributed by atoms with Crippen LogP contribution in [0.1, 0.15) is 38.7 Å². The Morgan fingerprint density at radius 1 is 1.21 bits per heavy atom. The summed E-state index contributed by atoms with van der Waals surface area (Å²) in [7, 11) is 0. The van der Waals surface area contributed by atoms with Crippen molar-refractivity contribution in [2.24, 2.45) is 5.92 Å². The summed E-state index contributed by atoms with van der Waals surface area (Å²) in [6.45, 7) is 7.71. The Balaban J connectivity index is 2.04. The highest BCUT2D eigenvalue weighted by Crippen LogP contribution is 2.23. The van der Waals surface area contributed by atoms with Crippen LogP contribution in [0.15, 0.2) is 30.3 Å². The molecule has 7 heteroatoms. The first-order chi connectivity index (χ1) is 13.5. The number of benzene rings is 1. The molecule has 3 N–H and O–H groups in total. The van der Waals surface area contributed by atoms with Crippen LogP contribution in [0.4, 0.5) is 0 Å². The first-order valence-electron chi connectivity index (χ1n) is 10.1. The van der Waals surface area contributed by atoms with E-state index in [4.69, 9.17) is 4.74 Å². The number of aliphatic hydroxyl groups is 1. The van der Waals surface area contributed by atoms with E-state index in [0.29, 0.717) is 38.3 Å². The van der Waals surface area contributed by atoms with Gasteiger partial charge in [-0.3, -0.25) is 14.5 Å². The van der Waals surface area contributed by atoms with Gasteiger partial charge in [-0.15, -0.1) is 0 Å². The van der Waals surface area contributed by atoms with Gasteiger partial charge in [0, 0.05) is 38.2 Å². The second kappa shape index (κ2) is 11.1. The lowest BCUT2D eigenvalue weighted by Gasteiger charge is -2.34. The number of carbonyl (C=O) groups excluding carboxylic acids is 2. The van der Waals surface area contributed by atoms with Gasteiger partial charge in [0.1, 0.15) is 5.92 Å². The van der Waals surface area contributed by atoms with Crippen molar-refractivity contribution in [2.45, 2.75) is 38.8 Å². The van der Waals surface area contributed by atoms with E-state index < -0.39 is 17.6 Å². The largest absolute Gasteiger partial charge is 0.379 e. The molecule has 28 heavy (non-hydrogen) atoms. The zero-order chi connectivity index (χ0) is 20.4. The quantitative estimate of drug-likeness (QED) is 0.317. The first-order valence-corrected chi connectivity index (χ1v) is 10.1. The molecule has 1 unspecified atom stereocenters. The van der Waals surface area contributed by atoms with E-state index in [2.05, 4.69) is 15.5 Å². The summed E-state index contributed by atoms with van der Waals surface area (Å²) < 4.78 is 5.36. The lowest BCUT2D eigenvalue weighted by Crippen LogP contribution is -2.52. The lowest BCUT2D eigenvalue weighted by molar-refractivity contribution is -0.140. The molecular weight excluding hydrogens is 358 g/mol. The number of morpholine rings is 1. The van der Waals surface area contributed by atoms with E-state index in [-0.39, 0.29) is 5.91 Å². The van der Waals surface area contributed by atoms with E-state index in [1.807, 2.05) is 25.1 Å². The van der Waals surface area contributed by atoms with Crippen LogP contribution in [-0.4, -0.2) is 61.2 Å². The second-order valence-electron chi connectivity index (χ2n) is 7.29. The van der Waals surface area contributed by atoms with Gasteiger partial charge in [0.05, 0.1) is 13.2 Å². The highest BCUT2D eigenvalue weighted by Gasteiger charge is 2.34. The normalized spacial score (nSPS) is 18.1. The third-order valence-corrected chi connectivity index (χ3v) is 5.09. The minimum absolute atomic E-state index is 0.324. The van der Waals surface area contributed by atoms with Gasteiger partial charge in [-0.2, -0.15) is 0 Å². The molecule has 0 saturated carbocycles. The Morgan fingerprint density at radius 3 is 2.54 bits per heavy atom. The van der Waals surface area contributed by atoms with E-state index >= 15 is 0 Å². The van der Waals surface area contributed by atoms with Gasteiger partial charge in [-0.05, 0) is 13.3 Å². The number of nitrogens with zero attached hydrogens (tertiary/aromatic N) is 1. The highest BCUT2D eigenvalue weighted by atomic mass is 16.5. The van der Waals surface area contributed by atoms with Crippen LogP contribution in [0.25, 0.3) is 0 Å². The maximum absolute atomic E-state index is 12.7. The number of nitrogens with one attached hydrogen (secondary N) is 2. The smallest absolute Gasteiger partial charge is 0.234 e. The van der Waals surface area contributed by atoms with E-state index in [1.54, 1.807) is 19.1 Å². The molecule has 7 nitrogen and oxygen atoms in total. The van der Waals surface area contributed by atoms with Crippen LogP contribution in [0.2, 0.25) is 0 Å². The Bertz CT molecular complexity index is 619. The summed E-state index contributed by atoms with van der Waals surface area (Å²) in [6, 6.07) is 9.07. The van der Waals surface area contributed by atoms with Crippen LogP contribution >= 0.6 is 0 Å². The van der Waals surface area contributed by atoms with Crippen LogP contribution in [-0.2, 0) is 20.1 Å². The summed E-state index contributed by atoms with van der Waals surface area (Å²) >= 11 is 0. The topological polar surface area (TPSA) is 90.9 Å². The molecular formula is C21H33N3O4. The van der Waals surface area contributed by atoms with Crippen LogP contribution in [0.3, 0.4) is 0 Å². The summed E-state index contributed by atoms with van der Waals surface area (Å²) in [4.78, 5) is 27.1. The SMILES string of the molecule is CCCCNC(=O)C(C)C(=O)N[C@](O)(CCN1CCOCC1)c1ccccc1. The Hall–Kier alpha value is -1.96. The van der Waals surface area contributed by atoms with Crippen molar-refractivity contribution in [3.8, 4) is 0 Å². The molecule has 2 atom stereocenters. The molecule has 1 aromatic rings. The fourth-order valence-electron chi connectivity index (χ4n) is 3.11. The Labute approximate surface area is 167 Å². The van der Waals surface area contributed by atoms with Gasteiger partial charge in [0.2, 0.25) is 11.8 Å². The Morgan fingerprint density at radius 2 is 1.89 bits per heavy atom. The van der Waals surface area contributed by atoms with E-state index in [0.717, 1.165) is 25.9 Å². The molecule has 0 bridgehead atoms. The third kappa shape index (κ3) is 6.58. The standard InChI is InChI=1S/C21H33N3O4/c1-3-4-11-22-19(25)17(2)20(26)23-21(27,18-8-6-5-7-9-18)10-12-24-13-15-28-16-14-24/h5-9,17,27H,3-4,10-16H2,1-2H3,(H,22,25)(H,23,26)/t17?,21-/m0/s1. The number of rotatable bonds is 10. The van der Waals surface area contributed by atoms with Crippen molar-refractivity contribution >= 4 is 11.8 Å². The fourth-order valence-corrected chi connectivity index (χ4v) is 3.11. The van der Waals surface area contributed by atoms with Crippen molar-refractivity contribution in [1.82, 2.24) is 15.5 Å². The molecule has 0 aromatic heterocycles. The summed E-state index contributed by atoms with van der Waals surface area (Å²) in [5.41, 5.74) is -0.926. The van der Waals surface area contributed by atoms with Crippen LogP contribution < -0.4 is 10.6 Å². The Kier molecular flexibility index (Phi) is 8.89. The van der Waals surface area contributed by atoms with Crippen molar-refractivity contribution in [3.05, 3.63) is 35.9 Å². The first kappa shape index (κ1) is 22.3.